The zero-order chi connectivity index (χ0) is 28.7. The number of halogens is 7. The van der Waals surface area contributed by atoms with Crippen LogP contribution in [0.1, 0.15) is 37.8 Å². The third-order valence-corrected chi connectivity index (χ3v) is 5.48. The van der Waals surface area contributed by atoms with Crippen molar-refractivity contribution in [3.63, 3.8) is 0 Å². The molecule has 4 aromatic rings. The molecule has 4 rings (SSSR count). The van der Waals surface area contributed by atoms with E-state index in [1.807, 2.05) is 0 Å². The van der Waals surface area contributed by atoms with Crippen LogP contribution in [0, 0.1) is 12.7 Å². The van der Waals surface area contributed by atoms with Crippen LogP contribution in [0.25, 0.3) is 10.9 Å². The number of ether oxygens (including phenoxy) is 1. The summed E-state index contributed by atoms with van der Waals surface area (Å²) in [6.45, 7) is 0.911. The molecule has 0 spiro atoms. The second-order valence-electron chi connectivity index (χ2n) is 8.16. The number of nitrogens with zero attached hydrogens (tertiary/aromatic N) is 3. The van der Waals surface area contributed by atoms with Gasteiger partial charge < -0.3 is 15.8 Å². The zero-order valence-electron chi connectivity index (χ0n) is 19.6. The van der Waals surface area contributed by atoms with E-state index in [0.29, 0.717) is 0 Å². The minimum atomic E-state index is -5.03. The standard InChI is InChI=1S/C24H16F7N5O3/c1-11-19(34-22(38)14-9-17(21(32)37)33-16-4-2-3-15(25)18(14)16)20(23(26,27)28)35-36(11)10-12-5-7-13(8-6-12)39-24(29,30)31/h2-9H,10H2,1H3,(H2,32,37)(H,34,38). The van der Waals surface area contributed by atoms with Gasteiger partial charge in [0.25, 0.3) is 11.8 Å². The van der Waals surface area contributed by atoms with Gasteiger partial charge >= 0.3 is 12.5 Å². The minimum Gasteiger partial charge on any atom is -0.406 e. The van der Waals surface area contributed by atoms with Crippen molar-refractivity contribution in [1.29, 1.82) is 0 Å². The van der Waals surface area contributed by atoms with Crippen LogP contribution < -0.4 is 15.8 Å². The average Bonchev–Trinajstić information content (AvgIpc) is 3.14. The van der Waals surface area contributed by atoms with E-state index in [0.717, 1.165) is 28.9 Å². The number of amides is 2. The minimum absolute atomic E-state index is 0.127. The summed E-state index contributed by atoms with van der Waals surface area (Å²) < 4.78 is 97.9. The van der Waals surface area contributed by atoms with Crippen LogP contribution in [-0.2, 0) is 12.7 Å². The Morgan fingerprint density at radius 2 is 1.72 bits per heavy atom. The molecule has 0 aliphatic heterocycles. The number of nitrogens with two attached hydrogens (primary N) is 1. The summed E-state index contributed by atoms with van der Waals surface area (Å²) in [5.41, 5.74) is 2.09. The van der Waals surface area contributed by atoms with Crippen molar-refractivity contribution >= 4 is 28.4 Å². The summed E-state index contributed by atoms with van der Waals surface area (Å²) >= 11 is 0. The van der Waals surface area contributed by atoms with Gasteiger partial charge in [-0.2, -0.15) is 18.3 Å². The maximum atomic E-state index is 14.6. The van der Waals surface area contributed by atoms with E-state index in [9.17, 15) is 40.3 Å². The van der Waals surface area contributed by atoms with Gasteiger partial charge in [-0.25, -0.2) is 9.37 Å². The highest BCUT2D eigenvalue weighted by Gasteiger charge is 2.39. The lowest BCUT2D eigenvalue weighted by atomic mass is 10.1. The predicted octanol–water partition coefficient (Wildman–Crippen LogP) is 5.20. The Balaban J connectivity index is 1.71. The number of fused-ring (bicyclic) bond motifs is 1. The molecule has 0 atom stereocenters. The van der Waals surface area contributed by atoms with E-state index >= 15 is 0 Å². The van der Waals surface area contributed by atoms with Gasteiger partial charge in [0.05, 0.1) is 29.0 Å². The molecule has 0 aliphatic carbocycles. The van der Waals surface area contributed by atoms with Gasteiger partial charge in [-0.1, -0.05) is 18.2 Å². The third kappa shape index (κ3) is 5.91. The van der Waals surface area contributed by atoms with Gasteiger partial charge in [-0.05, 0) is 42.8 Å². The quantitative estimate of drug-likeness (QED) is 0.318. The summed E-state index contributed by atoms with van der Waals surface area (Å²) in [7, 11) is 0. The lowest BCUT2D eigenvalue weighted by Crippen LogP contribution is -2.20. The summed E-state index contributed by atoms with van der Waals surface area (Å²) in [4.78, 5) is 28.7. The van der Waals surface area contributed by atoms with E-state index in [1.165, 1.54) is 31.2 Å². The van der Waals surface area contributed by atoms with Crippen molar-refractivity contribution in [3.05, 3.63) is 82.6 Å². The molecule has 0 bridgehead atoms. The molecule has 204 valence electrons. The van der Waals surface area contributed by atoms with Crippen molar-refractivity contribution in [1.82, 2.24) is 14.8 Å². The first kappa shape index (κ1) is 27.3. The normalized spacial score (nSPS) is 12.0. The molecule has 39 heavy (non-hydrogen) atoms. The van der Waals surface area contributed by atoms with E-state index < -0.39 is 58.6 Å². The molecule has 0 saturated carbocycles. The largest absolute Gasteiger partial charge is 0.573 e. The fourth-order valence-electron chi connectivity index (χ4n) is 3.75. The fraction of sp³-hybridized carbons (Fsp3) is 0.167. The van der Waals surface area contributed by atoms with Crippen molar-refractivity contribution in [2.45, 2.75) is 26.0 Å². The Morgan fingerprint density at radius 1 is 1.05 bits per heavy atom. The highest BCUT2D eigenvalue weighted by atomic mass is 19.4. The molecule has 0 unspecified atom stereocenters. The number of primary amides is 1. The van der Waals surface area contributed by atoms with Crippen LogP contribution in [0.5, 0.6) is 5.75 Å². The number of aromatic nitrogens is 3. The Labute approximate surface area is 214 Å². The number of rotatable bonds is 6. The predicted molar refractivity (Wildman–Crippen MR) is 122 cm³/mol. The molecule has 15 heteroatoms. The number of hydrogen-bond donors (Lipinski definition) is 2. The Kier molecular flexibility index (Phi) is 6.93. The van der Waals surface area contributed by atoms with Crippen molar-refractivity contribution in [3.8, 4) is 5.75 Å². The fourth-order valence-corrected chi connectivity index (χ4v) is 3.75. The summed E-state index contributed by atoms with van der Waals surface area (Å²) in [6.07, 6.45) is -9.96. The number of anilines is 1. The Hall–Kier alpha value is -4.69. The van der Waals surface area contributed by atoms with Crippen molar-refractivity contribution in [2.75, 3.05) is 5.32 Å². The van der Waals surface area contributed by atoms with Crippen LogP contribution in [0.3, 0.4) is 0 Å². The van der Waals surface area contributed by atoms with E-state index in [2.05, 4.69) is 20.1 Å². The molecule has 8 nitrogen and oxygen atoms in total. The molecule has 3 N–H and O–H groups in total. The maximum absolute atomic E-state index is 14.6. The number of benzene rings is 2. The van der Waals surface area contributed by atoms with Gasteiger partial charge in [-0.15, -0.1) is 13.2 Å². The Bertz CT molecular complexity index is 1580. The molecule has 0 saturated heterocycles. The van der Waals surface area contributed by atoms with Crippen LogP contribution in [0.2, 0.25) is 0 Å². The van der Waals surface area contributed by atoms with Gasteiger partial charge in [0, 0.05) is 5.39 Å². The number of hydrogen-bond acceptors (Lipinski definition) is 5. The SMILES string of the molecule is Cc1c(NC(=O)c2cc(C(N)=O)nc3cccc(F)c23)c(C(F)(F)F)nn1Cc1ccc(OC(F)(F)F)cc1. The maximum Gasteiger partial charge on any atom is 0.573 e. The summed E-state index contributed by atoms with van der Waals surface area (Å²) in [5, 5.41) is 5.28. The van der Waals surface area contributed by atoms with Gasteiger partial charge in [0.1, 0.15) is 17.3 Å². The van der Waals surface area contributed by atoms with E-state index in [4.69, 9.17) is 5.73 Å². The molecule has 0 aliphatic rings. The first-order valence-electron chi connectivity index (χ1n) is 10.8. The lowest BCUT2D eigenvalue weighted by molar-refractivity contribution is -0.274. The van der Waals surface area contributed by atoms with Gasteiger partial charge in [0.15, 0.2) is 5.69 Å². The van der Waals surface area contributed by atoms with Gasteiger partial charge in [-0.3, -0.25) is 14.3 Å². The third-order valence-electron chi connectivity index (χ3n) is 5.48. The first-order chi connectivity index (χ1) is 18.1. The van der Waals surface area contributed by atoms with E-state index in [1.54, 1.807) is 0 Å². The average molecular weight is 555 g/mol. The highest BCUT2D eigenvalue weighted by Crippen LogP contribution is 2.37. The van der Waals surface area contributed by atoms with Crippen LogP contribution in [-0.4, -0.2) is 32.9 Å². The summed E-state index contributed by atoms with van der Waals surface area (Å²) in [6, 6.07) is 8.77. The topological polar surface area (TPSA) is 112 Å². The lowest BCUT2D eigenvalue weighted by Gasteiger charge is -2.12. The number of nitrogens with one attached hydrogen (secondary N) is 1. The molecule has 2 aromatic heterocycles. The number of pyridine rings is 1. The number of alkyl halides is 6. The molecule has 2 heterocycles. The Morgan fingerprint density at radius 3 is 2.31 bits per heavy atom. The monoisotopic (exact) mass is 555 g/mol. The zero-order valence-corrected chi connectivity index (χ0v) is 19.6. The van der Waals surface area contributed by atoms with Crippen molar-refractivity contribution in [2.24, 2.45) is 5.73 Å². The molecular weight excluding hydrogens is 539 g/mol. The molecule has 0 fully saturated rings. The molecule has 2 aromatic carbocycles. The van der Waals surface area contributed by atoms with Crippen LogP contribution >= 0.6 is 0 Å². The van der Waals surface area contributed by atoms with Crippen molar-refractivity contribution < 1.29 is 45.1 Å². The number of carbonyl (C=O) groups is 2. The smallest absolute Gasteiger partial charge is 0.406 e. The van der Waals surface area contributed by atoms with Gasteiger partial charge in [0.2, 0.25) is 0 Å². The van der Waals surface area contributed by atoms with Crippen LogP contribution in [0.15, 0.2) is 48.5 Å². The van der Waals surface area contributed by atoms with Crippen LogP contribution in [0.4, 0.5) is 36.4 Å². The summed E-state index contributed by atoms with van der Waals surface area (Å²) in [5.74, 6) is -3.69. The molecule has 0 radical (unpaired) electrons. The molecular formula is C24H16F7N5O3. The second-order valence-corrected chi connectivity index (χ2v) is 8.16. The van der Waals surface area contributed by atoms with E-state index in [-0.39, 0.29) is 28.7 Å². The highest BCUT2D eigenvalue weighted by molar-refractivity contribution is 6.14. The first-order valence-corrected chi connectivity index (χ1v) is 10.8. The second kappa shape index (κ2) is 9.89. The number of carbonyl (C=O) groups excluding carboxylic acids is 2. The molecule has 2 amide bonds.